The van der Waals surface area contributed by atoms with Crippen LogP contribution in [0.1, 0.15) is 24.2 Å². The van der Waals surface area contributed by atoms with Crippen LogP contribution in [0.25, 0.3) is 0 Å². The molecule has 1 unspecified atom stereocenters. The molecule has 2 rings (SSSR count). The minimum Gasteiger partial charge on any atom is -0.493 e. The fourth-order valence-electron chi connectivity index (χ4n) is 2.19. The van der Waals surface area contributed by atoms with Crippen molar-refractivity contribution in [3.05, 3.63) is 35.7 Å². The van der Waals surface area contributed by atoms with Crippen LogP contribution in [0.15, 0.2) is 24.4 Å². The van der Waals surface area contributed by atoms with Gasteiger partial charge in [-0.1, -0.05) is 18.2 Å². The van der Waals surface area contributed by atoms with Crippen LogP contribution in [0, 0.1) is 0 Å². The summed E-state index contributed by atoms with van der Waals surface area (Å²) in [5.41, 5.74) is 2.08. The Kier molecular flexibility index (Phi) is 4.57. The molecule has 1 heterocycles. The molecule has 6 nitrogen and oxygen atoms in total. The van der Waals surface area contributed by atoms with Gasteiger partial charge in [-0.25, -0.2) is 0 Å². The zero-order valence-electron chi connectivity index (χ0n) is 12.3. The summed E-state index contributed by atoms with van der Waals surface area (Å²) in [6.45, 7) is 2.90. The van der Waals surface area contributed by atoms with Gasteiger partial charge in [0.1, 0.15) is 0 Å². The fourth-order valence-corrected chi connectivity index (χ4v) is 2.19. The molecule has 0 aliphatic carbocycles. The minimum absolute atomic E-state index is 0.0137. The number of hydrogen-bond acceptors (Lipinski definition) is 5. The number of ether oxygens (including phenoxy) is 2. The van der Waals surface area contributed by atoms with E-state index in [-0.39, 0.29) is 6.04 Å². The molecule has 0 radical (unpaired) electrons. The molecule has 108 valence electrons. The lowest BCUT2D eigenvalue weighted by molar-refractivity contribution is 0.354. The molecule has 0 spiro atoms. The highest BCUT2D eigenvalue weighted by Crippen LogP contribution is 2.31. The predicted octanol–water partition coefficient (Wildman–Crippen LogP) is 1.53. The van der Waals surface area contributed by atoms with Crippen molar-refractivity contribution >= 4 is 0 Å². The second-order valence-electron chi connectivity index (χ2n) is 4.39. The molecule has 2 aromatic rings. The molecule has 0 saturated carbocycles. The molecular weight excluding hydrogens is 256 g/mol. The Bertz CT molecular complexity index is 568. The largest absolute Gasteiger partial charge is 0.493 e. The van der Waals surface area contributed by atoms with Crippen molar-refractivity contribution in [1.29, 1.82) is 0 Å². The Balaban J connectivity index is 2.42. The molecule has 0 aliphatic heterocycles. The first-order valence-electron chi connectivity index (χ1n) is 6.51. The standard InChI is InChI=1S/C14H20N4O2/c1-5-15-14(11-9-16-17-18(11)2)10-6-7-12(19-3)13(8-10)20-4/h6-9,14-15H,5H2,1-4H3. The SMILES string of the molecule is CCNC(c1ccc(OC)c(OC)c1)c1cnnn1C. The summed E-state index contributed by atoms with van der Waals surface area (Å²) >= 11 is 0. The van der Waals surface area contributed by atoms with E-state index in [0.717, 1.165) is 23.6 Å². The van der Waals surface area contributed by atoms with Gasteiger partial charge in [-0.2, -0.15) is 0 Å². The summed E-state index contributed by atoms with van der Waals surface area (Å²) in [6.07, 6.45) is 1.77. The van der Waals surface area contributed by atoms with E-state index < -0.39 is 0 Å². The normalized spacial score (nSPS) is 12.2. The average Bonchev–Trinajstić information content (AvgIpc) is 2.90. The summed E-state index contributed by atoms with van der Waals surface area (Å²) in [5.74, 6) is 1.43. The minimum atomic E-state index is 0.0137. The van der Waals surface area contributed by atoms with E-state index in [0.29, 0.717) is 5.75 Å². The Morgan fingerprint density at radius 3 is 2.55 bits per heavy atom. The Labute approximate surface area is 118 Å². The van der Waals surface area contributed by atoms with Gasteiger partial charge in [-0.15, -0.1) is 5.10 Å². The van der Waals surface area contributed by atoms with Crippen LogP contribution in [0.3, 0.4) is 0 Å². The molecule has 1 N–H and O–H groups in total. The van der Waals surface area contributed by atoms with Crippen LogP contribution in [0.4, 0.5) is 0 Å². The molecule has 20 heavy (non-hydrogen) atoms. The van der Waals surface area contributed by atoms with Crippen molar-refractivity contribution in [3.8, 4) is 11.5 Å². The van der Waals surface area contributed by atoms with Gasteiger partial charge in [-0.3, -0.25) is 4.68 Å². The van der Waals surface area contributed by atoms with Crippen LogP contribution < -0.4 is 14.8 Å². The highest BCUT2D eigenvalue weighted by molar-refractivity contribution is 5.45. The van der Waals surface area contributed by atoms with E-state index in [9.17, 15) is 0 Å². The van der Waals surface area contributed by atoms with Crippen LogP contribution in [-0.4, -0.2) is 35.8 Å². The quantitative estimate of drug-likeness (QED) is 0.867. The highest BCUT2D eigenvalue weighted by atomic mass is 16.5. The van der Waals surface area contributed by atoms with Crippen LogP contribution in [-0.2, 0) is 7.05 Å². The van der Waals surface area contributed by atoms with Crippen LogP contribution >= 0.6 is 0 Å². The van der Waals surface area contributed by atoms with Crippen LogP contribution in [0.5, 0.6) is 11.5 Å². The number of nitrogens with zero attached hydrogens (tertiary/aromatic N) is 3. The maximum Gasteiger partial charge on any atom is 0.161 e. The predicted molar refractivity (Wildman–Crippen MR) is 76.1 cm³/mol. The molecule has 0 fully saturated rings. The van der Waals surface area contributed by atoms with Gasteiger partial charge in [0.2, 0.25) is 0 Å². The summed E-state index contributed by atoms with van der Waals surface area (Å²) in [4.78, 5) is 0. The maximum atomic E-state index is 5.36. The maximum absolute atomic E-state index is 5.36. The number of aromatic nitrogens is 3. The molecular formula is C14H20N4O2. The van der Waals surface area contributed by atoms with Crippen molar-refractivity contribution in [1.82, 2.24) is 20.3 Å². The Hall–Kier alpha value is -2.08. The molecule has 0 saturated heterocycles. The second-order valence-corrected chi connectivity index (χ2v) is 4.39. The first-order valence-corrected chi connectivity index (χ1v) is 6.51. The van der Waals surface area contributed by atoms with Gasteiger partial charge in [0.05, 0.1) is 32.2 Å². The fraction of sp³-hybridized carbons (Fsp3) is 0.429. The van der Waals surface area contributed by atoms with Gasteiger partial charge < -0.3 is 14.8 Å². The number of nitrogens with one attached hydrogen (secondary N) is 1. The van der Waals surface area contributed by atoms with E-state index in [2.05, 4.69) is 22.6 Å². The van der Waals surface area contributed by atoms with E-state index in [4.69, 9.17) is 9.47 Å². The lowest BCUT2D eigenvalue weighted by Crippen LogP contribution is -2.24. The molecule has 1 atom stereocenters. The third-order valence-corrected chi connectivity index (χ3v) is 3.19. The summed E-state index contributed by atoms with van der Waals surface area (Å²) in [5, 5.41) is 11.4. The molecule has 0 amide bonds. The lowest BCUT2D eigenvalue weighted by Gasteiger charge is -2.19. The van der Waals surface area contributed by atoms with Gasteiger partial charge in [0.25, 0.3) is 0 Å². The number of methoxy groups -OCH3 is 2. The number of rotatable bonds is 6. The Morgan fingerprint density at radius 1 is 1.25 bits per heavy atom. The van der Waals surface area contributed by atoms with E-state index in [1.54, 1.807) is 25.1 Å². The Morgan fingerprint density at radius 2 is 2.00 bits per heavy atom. The molecule has 1 aromatic carbocycles. The number of aryl methyl sites for hydroxylation is 1. The molecule has 6 heteroatoms. The van der Waals surface area contributed by atoms with Gasteiger partial charge in [-0.05, 0) is 24.2 Å². The summed E-state index contributed by atoms with van der Waals surface area (Å²) in [6, 6.07) is 5.91. The molecule has 1 aromatic heterocycles. The molecule has 0 bridgehead atoms. The first-order chi connectivity index (χ1) is 9.71. The average molecular weight is 276 g/mol. The van der Waals surface area contributed by atoms with Gasteiger partial charge in [0.15, 0.2) is 11.5 Å². The smallest absolute Gasteiger partial charge is 0.161 e. The number of benzene rings is 1. The third kappa shape index (κ3) is 2.75. The van der Waals surface area contributed by atoms with Crippen molar-refractivity contribution in [2.75, 3.05) is 20.8 Å². The summed E-state index contributed by atoms with van der Waals surface area (Å²) in [7, 11) is 5.15. The number of hydrogen-bond donors (Lipinski definition) is 1. The topological polar surface area (TPSA) is 61.2 Å². The van der Waals surface area contributed by atoms with Crippen molar-refractivity contribution in [2.45, 2.75) is 13.0 Å². The van der Waals surface area contributed by atoms with Gasteiger partial charge >= 0.3 is 0 Å². The van der Waals surface area contributed by atoms with Crippen molar-refractivity contribution < 1.29 is 9.47 Å². The van der Waals surface area contributed by atoms with E-state index >= 15 is 0 Å². The van der Waals surface area contributed by atoms with Crippen LogP contribution in [0.2, 0.25) is 0 Å². The second kappa shape index (κ2) is 6.38. The monoisotopic (exact) mass is 276 g/mol. The van der Waals surface area contributed by atoms with E-state index in [1.165, 1.54) is 0 Å². The van der Waals surface area contributed by atoms with Gasteiger partial charge in [0, 0.05) is 7.05 Å². The van der Waals surface area contributed by atoms with Crippen molar-refractivity contribution in [3.63, 3.8) is 0 Å². The third-order valence-electron chi connectivity index (χ3n) is 3.19. The lowest BCUT2D eigenvalue weighted by atomic mass is 10.0. The van der Waals surface area contributed by atoms with Crippen molar-refractivity contribution in [2.24, 2.45) is 7.05 Å². The summed E-state index contributed by atoms with van der Waals surface area (Å²) < 4.78 is 12.4. The zero-order chi connectivity index (χ0) is 14.5. The van der Waals surface area contributed by atoms with E-state index in [1.807, 2.05) is 25.2 Å². The highest BCUT2D eigenvalue weighted by Gasteiger charge is 2.18. The zero-order valence-corrected chi connectivity index (χ0v) is 12.3. The molecule has 0 aliphatic rings. The first kappa shape index (κ1) is 14.3.